The van der Waals surface area contributed by atoms with Crippen LogP contribution in [-0.4, -0.2) is 17.2 Å². The molecule has 21 heavy (non-hydrogen) atoms. The summed E-state index contributed by atoms with van der Waals surface area (Å²) in [5, 5.41) is 2.66. The van der Waals surface area contributed by atoms with Crippen LogP contribution in [0.3, 0.4) is 0 Å². The van der Waals surface area contributed by atoms with E-state index in [2.05, 4.69) is 10.3 Å². The highest BCUT2D eigenvalue weighted by Crippen LogP contribution is 2.18. The number of hydrogen-bond donors (Lipinski definition) is 1. The van der Waals surface area contributed by atoms with Gasteiger partial charge in [0.05, 0.1) is 17.5 Å². The smallest absolute Gasteiger partial charge is 0.417 e. The largest absolute Gasteiger partial charge is 0.475 e. The number of amides is 1. The number of hydrogen-bond acceptors (Lipinski definition) is 4. The Labute approximate surface area is 123 Å². The van der Waals surface area contributed by atoms with Gasteiger partial charge in [0.15, 0.2) is 0 Å². The molecule has 0 saturated heterocycles. The maximum atomic E-state index is 11.8. The Morgan fingerprint density at radius 2 is 1.86 bits per heavy atom. The standard InChI is InChI=1S/C16H18N2O3/c1-11(2)20-15-10-9-14(12(3)17-15)18-16(19)21-13-7-5-4-6-8-13/h4-11H,1-3H3,(H,18,19). The number of ether oxygens (including phenoxy) is 2. The molecule has 5 heteroatoms. The summed E-state index contributed by atoms with van der Waals surface area (Å²) < 4.78 is 10.7. The zero-order valence-corrected chi connectivity index (χ0v) is 12.3. The van der Waals surface area contributed by atoms with E-state index in [0.29, 0.717) is 23.0 Å². The van der Waals surface area contributed by atoms with Crippen molar-refractivity contribution >= 4 is 11.8 Å². The predicted octanol–water partition coefficient (Wildman–Crippen LogP) is 3.79. The van der Waals surface area contributed by atoms with E-state index in [1.807, 2.05) is 19.9 Å². The minimum Gasteiger partial charge on any atom is -0.475 e. The SMILES string of the molecule is Cc1nc(OC(C)C)ccc1NC(=O)Oc1ccccc1. The molecule has 0 atom stereocenters. The molecule has 1 aromatic heterocycles. The molecule has 0 unspecified atom stereocenters. The van der Waals surface area contributed by atoms with Crippen LogP contribution in [-0.2, 0) is 0 Å². The predicted molar refractivity (Wildman–Crippen MR) is 80.8 cm³/mol. The number of carbonyl (C=O) groups excluding carboxylic acids is 1. The average molecular weight is 286 g/mol. The van der Waals surface area contributed by atoms with Gasteiger partial charge in [0, 0.05) is 6.07 Å². The molecular formula is C16H18N2O3. The van der Waals surface area contributed by atoms with Crippen LogP contribution in [0.5, 0.6) is 11.6 Å². The van der Waals surface area contributed by atoms with Gasteiger partial charge in [0.25, 0.3) is 0 Å². The lowest BCUT2D eigenvalue weighted by Crippen LogP contribution is -2.18. The first-order valence-electron chi connectivity index (χ1n) is 6.73. The molecule has 0 fully saturated rings. The molecular weight excluding hydrogens is 268 g/mol. The van der Waals surface area contributed by atoms with Gasteiger partial charge in [-0.15, -0.1) is 0 Å². The number of pyridine rings is 1. The van der Waals surface area contributed by atoms with Crippen molar-refractivity contribution in [2.45, 2.75) is 26.9 Å². The lowest BCUT2D eigenvalue weighted by atomic mass is 10.3. The molecule has 1 N–H and O–H groups in total. The summed E-state index contributed by atoms with van der Waals surface area (Å²) in [6.45, 7) is 5.66. The Balaban J connectivity index is 2.01. The molecule has 0 aliphatic rings. The average Bonchev–Trinajstić information content (AvgIpc) is 2.42. The molecule has 2 aromatic rings. The van der Waals surface area contributed by atoms with Crippen LogP contribution < -0.4 is 14.8 Å². The van der Waals surface area contributed by atoms with E-state index < -0.39 is 6.09 Å². The van der Waals surface area contributed by atoms with E-state index in [1.165, 1.54) is 0 Å². The molecule has 1 heterocycles. The van der Waals surface area contributed by atoms with Gasteiger partial charge in [0.2, 0.25) is 5.88 Å². The van der Waals surface area contributed by atoms with Gasteiger partial charge in [-0.05, 0) is 39.0 Å². The highest BCUT2D eigenvalue weighted by molar-refractivity contribution is 5.86. The molecule has 110 valence electrons. The van der Waals surface area contributed by atoms with Gasteiger partial charge in [-0.3, -0.25) is 5.32 Å². The van der Waals surface area contributed by atoms with Gasteiger partial charge < -0.3 is 9.47 Å². The zero-order chi connectivity index (χ0) is 15.2. The third kappa shape index (κ3) is 4.49. The van der Waals surface area contributed by atoms with E-state index in [4.69, 9.17) is 9.47 Å². The zero-order valence-electron chi connectivity index (χ0n) is 12.3. The van der Waals surface area contributed by atoms with Crippen LogP contribution in [0.2, 0.25) is 0 Å². The van der Waals surface area contributed by atoms with Crippen molar-refractivity contribution in [2.24, 2.45) is 0 Å². The van der Waals surface area contributed by atoms with E-state index in [-0.39, 0.29) is 6.10 Å². The van der Waals surface area contributed by atoms with Crippen molar-refractivity contribution in [2.75, 3.05) is 5.32 Å². The molecule has 0 saturated carbocycles. The number of para-hydroxylation sites is 1. The van der Waals surface area contributed by atoms with Crippen LogP contribution in [0.15, 0.2) is 42.5 Å². The Morgan fingerprint density at radius 3 is 2.48 bits per heavy atom. The van der Waals surface area contributed by atoms with Crippen molar-refractivity contribution in [3.63, 3.8) is 0 Å². The maximum absolute atomic E-state index is 11.8. The van der Waals surface area contributed by atoms with Crippen LogP contribution in [0.1, 0.15) is 19.5 Å². The molecule has 1 amide bonds. The van der Waals surface area contributed by atoms with Crippen LogP contribution in [0, 0.1) is 6.92 Å². The summed E-state index contributed by atoms with van der Waals surface area (Å²) in [4.78, 5) is 16.1. The fraction of sp³-hybridized carbons (Fsp3) is 0.250. The fourth-order valence-corrected chi connectivity index (χ4v) is 1.71. The third-order valence-electron chi connectivity index (χ3n) is 2.61. The molecule has 0 bridgehead atoms. The normalized spacial score (nSPS) is 10.3. The summed E-state index contributed by atoms with van der Waals surface area (Å²) in [5.41, 5.74) is 1.25. The second kappa shape index (κ2) is 6.74. The monoisotopic (exact) mass is 286 g/mol. The van der Waals surface area contributed by atoms with E-state index in [0.717, 1.165) is 0 Å². The number of anilines is 1. The van der Waals surface area contributed by atoms with Gasteiger partial charge in [-0.2, -0.15) is 0 Å². The second-order valence-corrected chi connectivity index (χ2v) is 4.78. The topological polar surface area (TPSA) is 60.5 Å². The molecule has 5 nitrogen and oxygen atoms in total. The summed E-state index contributed by atoms with van der Waals surface area (Å²) in [6, 6.07) is 12.3. The first kappa shape index (κ1) is 14.8. The lowest BCUT2D eigenvalue weighted by molar-refractivity contribution is 0.215. The second-order valence-electron chi connectivity index (χ2n) is 4.78. The Bertz CT molecular complexity index is 612. The van der Waals surface area contributed by atoms with Gasteiger partial charge in [-0.25, -0.2) is 9.78 Å². The highest BCUT2D eigenvalue weighted by atomic mass is 16.6. The molecule has 1 aromatic carbocycles. The minimum atomic E-state index is -0.552. The minimum absolute atomic E-state index is 0.0544. The Hall–Kier alpha value is -2.56. The quantitative estimate of drug-likeness (QED) is 0.929. The molecule has 2 rings (SSSR count). The summed E-state index contributed by atoms with van der Waals surface area (Å²) in [6.07, 6.45) is -0.498. The number of aromatic nitrogens is 1. The van der Waals surface area contributed by atoms with E-state index >= 15 is 0 Å². The van der Waals surface area contributed by atoms with Crippen molar-refractivity contribution in [3.8, 4) is 11.6 Å². The van der Waals surface area contributed by atoms with Gasteiger partial charge >= 0.3 is 6.09 Å². The number of nitrogens with zero attached hydrogens (tertiary/aromatic N) is 1. The van der Waals surface area contributed by atoms with E-state index in [1.54, 1.807) is 43.3 Å². The number of nitrogens with one attached hydrogen (secondary N) is 1. The van der Waals surface area contributed by atoms with Gasteiger partial charge in [0.1, 0.15) is 5.75 Å². The van der Waals surface area contributed by atoms with Crippen LogP contribution in [0.4, 0.5) is 10.5 Å². The molecule has 0 aliphatic heterocycles. The molecule has 0 spiro atoms. The number of benzene rings is 1. The third-order valence-corrected chi connectivity index (χ3v) is 2.61. The summed E-state index contributed by atoms with van der Waals surface area (Å²) >= 11 is 0. The van der Waals surface area contributed by atoms with Crippen LogP contribution in [0.25, 0.3) is 0 Å². The number of carbonyl (C=O) groups is 1. The number of aryl methyl sites for hydroxylation is 1. The Kier molecular flexibility index (Phi) is 4.77. The van der Waals surface area contributed by atoms with Crippen molar-refractivity contribution < 1.29 is 14.3 Å². The fourth-order valence-electron chi connectivity index (χ4n) is 1.71. The molecule has 0 aliphatic carbocycles. The van der Waals surface area contributed by atoms with Crippen molar-refractivity contribution in [1.29, 1.82) is 0 Å². The first-order chi connectivity index (χ1) is 10.0. The van der Waals surface area contributed by atoms with Crippen molar-refractivity contribution in [1.82, 2.24) is 4.98 Å². The summed E-state index contributed by atoms with van der Waals surface area (Å²) in [5.74, 6) is 1.02. The van der Waals surface area contributed by atoms with E-state index in [9.17, 15) is 4.79 Å². The lowest BCUT2D eigenvalue weighted by Gasteiger charge is -2.12. The van der Waals surface area contributed by atoms with Crippen molar-refractivity contribution in [3.05, 3.63) is 48.2 Å². The number of rotatable bonds is 4. The highest BCUT2D eigenvalue weighted by Gasteiger charge is 2.09. The van der Waals surface area contributed by atoms with Crippen LogP contribution >= 0.6 is 0 Å². The summed E-state index contributed by atoms with van der Waals surface area (Å²) in [7, 11) is 0. The maximum Gasteiger partial charge on any atom is 0.417 e. The molecule has 0 radical (unpaired) electrons. The van der Waals surface area contributed by atoms with Gasteiger partial charge in [-0.1, -0.05) is 18.2 Å². The first-order valence-corrected chi connectivity index (χ1v) is 6.73. The Morgan fingerprint density at radius 1 is 1.14 bits per heavy atom.